The second kappa shape index (κ2) is 10.4. The number of nitrogens with zero attached hydrogens (tertiary/aromatic N) is 3. The van der Waals surface area contributed by atoms with Crippen molar-refractivity contribution >= 4 is 10.1 Å². The summed E-state index contributed by atoms with van der Waals surface area (Å²) in [6.07, 6.45) is 2.60. The molecule has 1 aliphatic rings. The van der Waals surface area contributed by atoms with E-state index in [1.807, 2.05) is 6.92 Å². The molecule has 0 radical (unpaired) electrons. The van der Waals surface area contributed by atoms with E-state index in [9.17, 15) is 22.3 Å². The molecule has 1 saturated heterocycles. The highest BCUT2D eigenvalue weighted by Crippen LogP contribution is 2.39. The fourth-order valence-electron chi connectivity index (χ4n) is 3.18. The lowest BCUT2D eigenvalue weighted by Gasteiger charge is -2.28. The molecular weight excluding hydrogens is 460 g/mol. The number of aryl methyl sites for hydroxylation is 2. The van der Waals surface area contributed by atoms with Gasteiger partial charge in [0, 0.05) is 24.6 Å². The van der Waals surface area contributed by atoms with E-state index < -0.39 is 33.6 Å². The first-order valence-corrected chi connectivity index (χ1v) is 11.3. The first-order valence-electron chi connectivity index (χ1n) is 9.88. The number of hydrogen-bond donors (Lipinski definition) is 2. The summed E-state index contributed by atoms with van der Waals surface area (Å²) < 4.78 is 69.7. The summed E-state index contributed by atoms with van der Waals surface area (Å²) in [6, 6.07) is 9.22. The van der Waals surface area contributed by atoms with Crippen molar-refractivity contribution < 1.29 is 36.3 Å². The van der Waals surface area contributed by atoms with Crippen LogP contribution < -0.4 is 0 Å². The second-order valence-corrected chi connectivity index (χ2v) is 8.73. The summed E-state index contributed by atoms with van der Waals surface area (Å²) in [5, 5.41) is 13.2. The van der Waals surface area contributed by atoms with Gasteiger partial charge in [-0.2, -0.15) is 13.5 Å². The van der Waals surface area contributed by atoms with E-state index in [1.54, 1.807) is 16.8 Å². The van der Waals surface area contributed by atoms with Gasteiger partial charge in [0.05, 0.1) is 18.1 Å². The molecule has 4 rings (SSSR count). The molecule has 1 aromatic heterocycles. The van der Waals surface area contributed by atoms with E-state index in [2.05, 4.69) is 10.1 Å². The zero-order chi connectivity index (χ0) is 24.1. The molecule has 12 heteroatoms. The lowest BCUT2D eigenvalue weighted by molar-refractivity contribution is -0.188. The summed E-state index contributed by atoms with van der Waals surface area (Å²) in [6.45, 7) is 2.10. The standard InChI is InChI=1S/C14H15F2N3O3.C7H8O3S/c15-10-1-2-12(13(16)5-10)14(21-7-11(6-20)22-14)3-4-19-9-17-8-18-19;1-6-2-4-7(5-3-6)11(8,9)10/h1-2,5,8-9,11,20H,3-4,6-7H2;2-5H,1H3,(H,8,9,10)/t11-,14-;/m0./s1. The van der Waals surface area contributed by atoms with Gasteiger partial charge in [-0.1, -0.05) is 17.7 Å². The zero-order valence-corrected chi connectivity index (χ0v) is 18.5. The van der Waals surface area contributed by atoms with Crippen LogP contribution in [0.5, 0.6) is 0 Å². The van der Waals surface area contributed by atoms with E-state index in [0.717, 1.165) is 17.7 Å². The highest BCUT2D eigenvalue weighted by molar-refractivity contribution is 7.85. The Hall–Kier alpha value is -2.77. The summed E-state index contributed by atoms with van der Waals surface area (Å²) in [5.41, 5.74) is 1.06. The van der Waals surface area contributed by atoms with Gasteiger partial charge in [0.25, 0.3) is 10.1 Å². The molecule has 3 aromatic rings. The third-order valence-electron chi connectivity index (χ3n) is 4.86. The first kappa shape index (κ1) is 24.9. The molecule has 9 nitrogen and oxygen atoms in total. The number of aliphatic hydroxyl groups excluding tert-OH is 1. The number of hydrogen-bond acceptors (Lipinski definition) is 7. The minimum atomic E-state index is -4.02. The van der Waals surface area contributed by atoms with Gasteiger partial charge in [-0.25, -0.2) is 13.8 Å². The Morgan fingerprint density at radius 2 is 1.94 bits per heavy atom. The molecule has 0 saturated carbocycles. The van der Waals surface area contributed by atoms with Crippen molar-refractivity contribution in [2.75, 3.05) is 13.2 Å². The molecular formula is C21H23F2N3O6S. The fraction of sp³-hybridized carbons (Fsp3) is 0.333. The number of rotatable bonds is 6. The molecule has 1 fully saturated rings. The summed E-state index contributed by atoms with van der Waals surface area (Å²) in [7, 11) is -4.02. The molecule has 178 valence electrons. The maximum absolute atomic E-state index is 14.1. The van der Waals surface area contributed by atoms with Crippen molar-refractivity contribution in [1.29, 1.82) is 0 Å². The Morgan fingerprint density at radius 1 is 1.21 bits per heavy atom. The van der Waals surface area contributed by atoms with Crippen LogP contribution in [0.1, 0.15) is 17.5 Å². The predicted molar refractivity (Wildman–Crippen MR) is 112 cm³/mol. The van der Waals surface area contributed by atoms with Crippen LogP contribution in [0.2, 0.25) is 0 Å². The van der Waals surface area contributed by atoms with Crippen LogP contribution >= 0.6 is 0 Å². The second-order valence-electron chi connectivity index (χ2n) is 7.31. The predicted octanol–water partition coefficient (Wildman–Crippen LogP) is 2.45. The SMILES string of the molecule is Cc1ccc(S(=O)(=O)O)cc1.OC[C@H]1CO[C@](CCn2cncn2)(c2ccc(F)cc2F)O1. The molecule has 0 spiro atoms. The Morgan fingerprint density at radius 3 is 2.48 bits per heavy atom. The van der Waals surface area contributed by atoms with Crippen LogP contribution in [0.3, 0.4) is 0 Å². The topological polar surface area (TPSA) is 124 Å². The van der Waals surface area contributed by atoms with Crippen molar-refractivity contribution in [3.63, 3.8) is 0 Å². The third kappa shape index (κ3) is 6.39. The molecule has 0 unspecified atom stereocenters. The van der Waals surface area contributed by atoms with Crippen LogP contribution in [0.15, 0.2) is 60.0 Å². The Labute approximate surface area is 189 Å². The molecule has 33 heavy (non-hydrogen) atoms. The van der Waals surface area contributed by atoms with E-state index >= 15 is 0 Å². The third-order valence-corrected chi connectivity index (χ3v) is 5.73. The fourth-order valence-corrected chi connectivity index (χ4v) is 3.66. The molecule has 0 bridgehead atoms. The van der Waals surface area contributed by atoms with E-state index in [4.69, 9.17) is 14.0 Å². The van der Waals surface area contributed by atoms with Crippen molar-refractivity contribution in [2.45, 2.75) is 36.7 Å². The molecule has 0 amide bonds. The van der Waals surface area contributed by atoms with Crippen LogP contribution in [0.4, 0.5) is 8.78 Å². The number of benzene rings is 2. The van der Waals surface area contributed by atoms with Gasteiger partial charge in [-0.3, -0.25) is 9.23 Å². The van der Waals surface area contributed by atoms with Gasteiger partial charge in [-0.15, -0.1) is 0 Å². The zero-order valence-electron chi connectivity index (χ0n) is 17.6. The first-order chi connectivity index (χ1) is 15.6. The van der Waals surface area contributed by atoms with Gasteiger partial charge in [0.1, 0.15) is 30.4 Å². The number of aromatic nitrogens is 3. The van der Waals surface area contributed by atoms with Gasteiger partial charge >= 0.3 is 0 Å². The highest BCUT2D eigenvalue weighted by atomic mass is 32.2. The monoisotopic (exact) mass is 483 g/mol. The van der Waals surface area contributed by atoms with Gasteiger partial charge < -0.3 is 14.6 Å². The van der Waals surface area contributed by atoms with E-state index in [0.29, 0.717) is 6.54 Å². The quantitative estimate of drug-likeness (QED) is 0.513. The molecule has 2 atom stereocenters. The minimum absolute atomic E-state index is 0.0666. The average Bonchev–Trinajstić information content (AvgIpc) is 3.43. The molecule has 2 N–H and O–H groups in total. The summed E-state index contributed by atoms with van der Waals surface area (Å²) >= 11 is 0. The number of ether oxygens (including phenoxy) is 2. The van der Waals surface area contributed by atoms with Crippen LogP contribution in [-0.2, 0) is 31.9 Å². The smallest absolute Gasteiger partial charge is 0.294 e. The maximum atomic E-state index is 14.1. The molecule has 2 aromatic carbocycles. The molecule has 2 heterocycles. The van der Waals surface area contributed by atoms with Gasteiger partial charge in [0.2, 0.25) is 0 Å². The van der Waals surface area contributed by atoms with Crippen molar-refractivity contribution in [2.24, 2.45) is 0 Å². The average molecular weight is 483 g/mol. The van der Waals surface area contributed by atoms with Gasteiger partial charge in [-0.05, 0) is 31.2 Å². The summed E-state index contributed by atoms with van der Waals surface area (Å²) in [4.78, 5) is 3.76. The van der Waals surface area contributed by atoms with Crippen LogP contribution in [-0.4, -0.2) is 52.2 Å². The Kier molecular flexibility index (Phi) is 7.87. The normalized spacial score (nSPS) is 20.3. The highest BCUT2D eigenvalue weighted by Gasteiger charge is 2.44. The minimum Gasteiger partial charge on any atom is -0.394 e. The van der Waals surface area contributed by atoms with Crippen LogP contribution in [0, 0.1) is 18.6 Å². The van der Waals surface area contributed by atoms with E-state index in [-0.39, 0.29) is 30.1 Å². The maximum Gasteiger partial charge on any atom is 0.294 e. The van der Waals surface area contributed by atoms with Crippen molar-refractivity contribution in [3.05, 3.63) is 77.9 Å². The molecule has 0 aliphatic carbocycles. The number of halogens is 2. The van der Waals surface area contributed by atoms with Gasteiger partial charge in [0.15, 0.2) is 5.79 Å². The lowest BCUT2D eigenvalue weighted by Crippen LogP contribution is -2.31. The summed E-state index contributed by atoms with van der Waals surface area (Å²) in [5.74, 6) is -2.81. The van der Waals surface area contributed by atoms with Crippen molar-refractivity contribution in [1.82, 2.24) is 14.8 Å². The number of aliphatic hydroxyl groups is 1. The Balaban J connectivity index is 0.000000235. The van der Waals surface area contributed by atoms with Crippen LogP contribution in [0.25, 0.3) is 0 Å². The molecule has 1 aliphatic heterocycles. The van der Waals surface area contributed by atoms with E-state index in [1.165, 1.54) is 30.9 Å². The van der Waals surface area contributed by atoms with Crippen molar-refractivity contribution in [3.8, 4) is 0 Å². The lowest BCUT2D eigenvalue weighted by atomic mass is 10.0. The largest absolute Gasteiger partial charge is 0.394 e. The Bertz CT molecular complexity index is 1160.